The quantitative estimate of drug-likeness (QED) is 0.848. The highest BCUT2D eigenvalue weighted by Gasteiger charge is 2.08. The van der Waals surface area contributed by atoms with Gasteiger partial charge in [-0.2, -0.15) is 5.26 Å². The van der Waals surface area contributed by atoms with Crippen LogP contribution >= 0.6 is 11.6 Å². The van der Waals surface area contributed by atoms with Gasteiger partial charge in [-0.1, -0.05) is 18.5 Å². The third-order valence-electron chi connectivity index (χ3n) is 2.38. The highest BCUT2D eigenvalue weighted by Crippen LogP contribution is 2.26. The lowest BCUT2D eigenvalue weighted by atomic mass is 10.1. The molecular weight excluding hydrogens is 250 g/mol. The molecule has 0 amide bonds. The maximum absolute atomic E-state index is 8.89. The molecule has 0 N–H and O–H groups in total. The molecule has 2 aromatic rings. The zero-order valence-corrected chi connectivity index (χ0v) is 10.5. The summed E-state index contributed by atoms with van der Waals surface area (Å²) in [6, 6.07) is 7.26. The highest BCUT2D eigenvalue weighted by atomic mass is 35.5. The van der Waals surface area contributed by atoms with Crippen molar-refractivity contribution in [1.82, 2.24) is 9.97 Å². The molecule has 0 atom stereocenters. The summed E-state index contributed by atoms with van der Waals surface area (Å²) in [5.74, 6) is 0.789. The van der Waals surface area contributed by atoms with E-state index in [9.17, 15) is 0 Å². The SMILES string of the molecule is CCc1cc(Oc2nccnc2C#N)ccc1Cl. The second-order valence-corrected chi connectivity index (χ2v) is 3.94. The molecule has 18 heavy (non-hydrogen) atoms. The van der Waals surface area contributed by atoms with E-state index in [2.05, 4.69) is 9.97 Å². The molecule has 0 spiro atoms. The van der Waals surface area contributed by atoms with Crippen LogP contribution in [0.4, 0.5) is 0 Å². The first-order valence-electron chi connectivity index (χ1n) is 5.42. The fraction of sp³-hybridized carbons (Fsp3) is 0.154. The summed E-state index contributed by atoms with van der Waals surface area (Å²) in [6.45, 7) is 2.01. The lowest BCUT2D eigenvalue weighted by Crippen LogP contribution is -1.94. The number of rotatable bonds is 3. The van der Waals surface area contributed by atoms with Crippen LogP contribution in [0.25, 0.3) is 0 Å². The third kappa shape index (κ3) is 2.58. The number of benzene rings is 1. The topological polar surface area (TPSA) is 58.8 Å². The Bertz CT molecular complexity index is 607. The van der Waals surface area contributed by atoms with Gasteiger partial charge in [-0.25, -0.2) is 9.97 Å². The van der Waals surface area contributed by atoms with E-state index in [0.717, 1.165) is 12.0 Å². The minimum atomic E-state index is 0.158. The van der Waals surface area contributed by atoms with Crippen LogP contribution in [0.15, 0.2) is 30.6 Å². The number of hydrogen-bond donors (Lipinski definition) is 0. The molecule has 0 aliphatic carbocycles. The normalized spacial score (nSPS) is 9.83. The Morgan fingerprint density at radius 2 is 2.11 bits per heavy atom. The molecule has 2 rings (SSSR count). The smallest absolute Gasteiger partial charge is 0.256 e. The average Bonchev–Trinajstić information content (AvgIpc) is 2.41. The van der Waals surface area contributed by atoms with Crippen molar-refractivity contribution in [3.05, 3.63) is 46.9 Å². The Labute approximate surface area is 110 Å². The lowest BCUT2D eigenvalue weighted by Gasteiger charge is -2.07. The molecular formula is C13H10ClN3O. The zero-order chi connectivity index (χ0) is 13.0. The summed E-state index contributed by atoms with van der Waals surface area (Å²) in [7, 11) is 0. The number of nitriles is 1. The van der Waals surface area contributed by atoms with E-state index in [1.807, 2.05) is 19.1 Å². The summed E-state index contributed by atoms with van der Waals surface area (Å²) in [5.41, 5.74) is 1.14. The molecule has 0 aliphatic rings. The van der Waals surface area contributed by atoms with Crippen molar-refractivity contribution in [3.8, 4) is 17.7 Å². The molecule has 1 aromatic carbocycles. The molecule has 0 aliphatic heterocycles. The Morgan fingerprint density at radius 3 is 2.83 bits per heavy atom. The number of aryl methyl sites for hydroxylation is 1. The van der Waals surface area contributed by atoms with Crippen molar-refractivity contribution in [2.45, 2.75) is 13.3 Å². The number of hydrogen-bond acceptors (Lipinski definition) is 4. The van der Waals surface area contributed by atoms with Gasteiger partial charge in [0.05, 0.1) is 0 Å². The molecule has 0 bridgehead atoms. The van der Waals surface area contributed by atoms with Gasteiger partial charge in [-0.3, -0.25) is 0 Å². The molecule has 0 saturated heterocycles. The van der Waals surface area contributed by atoms with Crippen LogP contribution in [0, 0.1) is 11.3 Å². The molecule has 0 radical (unpaired) electrons. The molecule has 0 saturated carbocycles. The van der Waals surface area contributed by atoms with E-state index in [0.29, 0.717) is 10.8 Å². The van der Waals surface area contributed by atoms with Crippen LogP contribution in [0.2, 0.25) is 5.02 Å². The first-order valence-corrected chi connectivity index (χ1v) is 5.79. The predicted octanol–water partition coefficient (Wildman–Crippen LogP) is 3.36. The fourth-order valence-electron chi connectivity index (χ4n) is 1.47. The number of aromatic nitrogens is 2. The molecule has 0 fully saturated rings. The second-order valence-electron chi connectivity index (χ2n) is 3.53. The van der Waals surface area contributed by atoms with Gasteiger partial charge >= 0.3 is 0 Å². The van der Waals surface area contributed by atoms with Crippen LogP contribution in [-0.4, -0.2) is 9.97 Å². The maximum atomic E-state index is 8.89. The van der Waals surface area contributed by atoms with E-state index in [4.69, 9.17) is 21.6 Å². The number of halogens is 1. The number of nitrogens with zero attached hydrogens (tertiary/aromatic N) is 3. The van der Waals surface area contributed by atoms with Gasteiger partial charge in [-0.15, -0.1) is 0 Å². The van der Waals surface area contributed by atoms with E-state index in [1.165, 1.54) is 12.4 Å². The summed E-state index contributed by atoms with van der Waals surface area (Å²) >= 11 is 6.02. The summed E-state index contributed by atoms with van der Waals surface area (Å²) in [4.78, 5) is 7.86. The van der Waals surface area contributed by atoms with Crippen LogP contribution in [0.3, 0.4) is 0 Å². The van der Waals surface area contributed by atoms with E-state index in [1.54, 1.807) is 12.1 Å². The highest BCUT2D eigenvalue weighted by molar-refractivity contribution is 6.31. The van der Waals surface area contributed by atoms with Gasteiger partial charge in [0.2, 0.25) is 5.69 Å². The average molecular weight is 260 g/mol. The monoisotopic (exact) mass is 259 g/mol. The van der Waals surface area contributed by atoms with Crippen molar-refractivity contribution in [2.24, 2.45) is 0 Å². The molecule has 0 unspecified atom stereocenters. The molecule has 1 aromatic heterocycles. The van der Waals surface area contributed by atoms with Crippen LogP contribution in [0.5, 0.6) is 11.6 Å². The van der Waals surface area contributed by atoms with E-state index in [-0.39, 0.29) is 11.6 Å². The summed E-state index contributed by atoms with van der Waals surface area (Å²) in [5, 5.41) is 9.59. The van der Waals surface area contributed by atoms with Gasteiger partial charge < -0.3 is 4.74 Å². The first-order chi connectivity index (χ1) is 8.74. The van der Waals surface area contributed by atoms with Gasteiger partial charge in [-0.05, 0) is 30.2 Å². The third-order valence-corrected chi connectivity index (χ3v) is 2.75. The maximum Gasteiger partial charge on any atom is 0.256 e. The van der Waals surface area contributed by atoms with Crippen molar-refractivity contribution >= 4 is 11.6 Å². The summed E-state index contributed by atoms with van der Waals surface area (Å²) < 4.78 is 5.54. The van der Waals surface area contributed by atoms with Crippen molar-refractivity contribution < 1.29 is 4.74 Å². The lowest BCUT2D eigenvalue weighted by molar-refractivity contribution is 0.457. The predicted molar refractivity (Wildman–Crippen MR) is 67.7 cm³/mol. The first kappa shape index (κ1) is 12.3. The Morgan fingerprint density at radius 1 is 1.33 bits per heavy atom. The minimum absolute atomic E-state index is 0.158. The van der Waals surface area contributed by atoms with Crippen LogP contribution < -0.4 is 4.74 Å². The van der Waals surface area contributed by atoms with Crippen LogP contribution in [0.1, 0.15) is 18.2 Å². The van der Waals surface area contributed by atoms with Gasteiger partial charge in [0.15, 0.2) is 0 Å². The van der Waals surface area contributed by atoms with Crippen molar-refractivity contribution in [1.29, 1.82) is 5.26 Å². The van der Waals surface area contributed by atoms with Gasteiger partial charge in [0.25, 0.3) is 5.88 Å². The Balaban J connectivity index is 2.32. The molecule has 5 heteroatoms. The zero-order valence-electron chi connectivity index (χ0n) is 9.72. The number of ether oxygens (including phenoxy) is 1. The summed E-state index contributed by atoms with van der Waals surface area (Å²) in [6.07, 6.45) is 3.74. The second kappa shape index (κ2) is 5.48. The Hall–Kier alpha value is -2.12. The van der Waals surface area contributed by atoms with Gasteiger partial charge in [0.1, 0.15) is 11.8 Å². The van der Waals surface area contributed by atoms with Crippen LogP contribution in [-0.2, 0) is 6.42 Å². The van der Waals surface area contributed by atoms with E-state index < -0.39 is 0 Å². The van der Waals surface area contributed by atoms with E-state index >= 15 is 0 Å². The molecule has 1 heterocycles. The van der Waals surface area contributed by atoms with Crippen molar-refractivity contribution in [2.75, 3.05) is 0 Å². The fourth-order valence-corrected chi connectivity index (χ4v) is 1.72. The molecule has 4 nitrogen and oxygen atoms in total. The van der Waals surface area contributed by atoms with Crippen molar-refractivity contribution in [3.63, 3.8) is 0 Å². The standard InChI is InChI=1S/C13H10ClN3O/c1-2-9-7-10(3-4-11(9)14)18-13-12(8-15)16-5-6-17-13/h3-7H,2H2,1H3. The largest absolute Gasteiger partial charge is 0.436 e. The van der Waals surface area contributed by atoms with Gasteiger partial charge in [0, 0.05) is 17.4 Å². The Kier molecular flexibility index (Phi) is 3.75. The minimum Gasteiger partial charge on any atom is -0.436 e. The molecule has 90 valence electrons.